The number of benzene rings is 1. The van der Waals surface area contributed by atoms with E-state index >= 15 is 0 Å². The van der Waals surface area contributed by atoms with Crippen molar-refractivity contribution in [2.75, 3.05) is 32.7 Å². The summed E-state index contributed by atoms with van der Waals surface area (Å²) in [6, 6.07) is 5.64. The Morgan fingerprint density at radius 1 is 1.22 bits per heavy atom. The number of hydrogen-bond donors (Lipinski definition) is 1. The maximum absolute atomic E-state index is 12.8. The third-order valence-corrected chi connectivity index (χ3v) is 7.15. The minimum atomic E-state index is -3.98. The summed E-state index contributed by atoms with van der Waals surface area (Å²) in [5.74, 6) is 0.0470. The van der Waals surface area contributed by atoms with Crippen molar-refractivity contribution in [3.63, 3.8) is 0 Å². The van der Waals surface area contributed by atoms with E-state index in [4.69, 9.17) is 0 Å². The number of hydrogen-bond acceptors (Lipinski definition) is 6. The van der Waals surface area contributed by atoms with Crippen LogP contribution in [-0.2, 0) is 14.8 Å². The molecule has 1 aromatic carbocycles. The van der Waals surface area contributed by atoms with Crippen molar-refractivity contribution in [1.29, 1.82) is 0 Å². The number of para-hydroxylation sites is 1. The Labute approximate surface area is 158 Å². The van der Waals surface area contributed by atoms with Crippen molar-refractivity contribution < 1.29 is 18.1 Å². The predicted molar refractivity (Wildman–Crippen MR) is 98.6 cm³/mol. The maximum Gasteiger partial charge on any atom is 0.289 e. The molecule has 27 heavy (non-hydrogen) atoms. The fraction of sp³-hybridized carbons (Fsp3) is 0.588. The van der Waals surface area contributed by atoms with Crippen LogP contribution in [0.4, 0.5) is 5.69 Å². The highest BCUT2D eigenvalue weighted by atomic mass is 32.2. The van der Waals surface area contributed by atoms with Gasteiger partial charge in [-0.1, -0.05) is 12.1 Å². The normalized spacial score (nSPS) is 24.6. The number of nitrogens with one attached hydrogen (secondary N) is 1. The summed E-state index contributed by atoms with van der Waals surface area (Å²) in [7, 11) is -3.98. The first-order valence-electron chi connectivity index (χ1n) is 9.06. The molecular formula is C17H24N4O5S. The van der Waals surface area contributed by atoms with E-state index in [0.717, 1.165) is 19.4 Å². The van der Waals surface area contributed by atoms with E-state index in [1.165, 1.54) is 28.6 Å². The molecule has 0 unspecified atom stereocenters. The molecule has 2 heterocycles. The molecule has 0 bridgehead atoms. The number of carbonyl (C=O) groups is 1. The fourth-order valence-corrected chi connectivity index (χ4v) is 5.31. The average molecular weight is 396 g/mol. The van der Waals surface area contributed by atoms with Gasteiger partial charge in [-0.25, -0.2) is 8.42 Å². The van der Waals surface area contributed by atoms with Gasteiger partial charge in [0.2, 0.25) is 15.9 Å². The lowest BCUT2D eigenvalue weighted by atomic mass is 9.92. The number of nitro benzene ring substituents is 1. The summed E-state index contributed by atoms with van der Waals surface area (Å²) in [6.45, 7) is 3.75. The third kappa shape index (κ3) is 4.12. The predicted octanol–water partition coefficient (Wildman–Crippen LogP) is 0.816. The summed E-state index contributed by atoms with van der Waals surface area (Å²) in [5, 5.41) is 14.5. The molecule has 1 aromatic rings. The van der Waals surface area contributed by atoms with Crippen LogP contribution in [0.5, 0.6) is 0 Å². The first-order chi connectivity index (χ1) is 12.8. The summed E-state index contributed by atoms with van der Waals surface area (Å²) < 4.78 is 26.9. The largest absolute Gasteiger partial charge is 0.340 e. The van der Waals surface area contributed by atoms with Gasteiger partial charge >= 0.3 is 0 Å². The number of carbonyl (C=O) groups excluding carboxylic acids is 1. The molecular weight excluding hydrogens is 372 g/mol. The van der Waals surface area contributed by atoms with Crippen LogP contribution in [0.25, 0.3) is 0 Å². The van der Waals surface area contributed by atoms with Gasteiger partial charge in [-0.05, 0) is 32.4 Å². The number of piperidine rings is 1. The van der Waals surface area contributed by atoms with Crippen molar-refractivity contribution in [2.24, 2.45) is 5.92 Å². The van der Waals surface area contributed by atoms with Gasteiger partial charge in [0.25, 0.3) is 5.69 Å². The van der Waals surface area contributed by atoms with Crippen LogP contribution in [-0.4, -0.2) is 67.2 Å². The molecule has 3 rings (SSSR count). The van der Waals surface area contributed by atoms with Crippen molar-refractivity contribution in [3.8, 4) is 0 Å². The lowest BCUT2D eigenvalue weighted by molar-refractivity contribution is -0.387. The first-order valence-corrected chi connectivity index (χ1v) is 10.5. The van der Waals surface area contributed by atoms with E-state index in [2.05, 4.69) is 12.2 Å². The topological polar surface area (TPSA) is 113 Å². The van der Waals surface area contributed by atoms with Crippen molar-refractivity contribution in [3.05, 3.63) is 34.4 Å². The molecule has 2 saturated heterocycles. The van der Waals surface area contributed by atoms with Gasteiger partial charge in [0.05, 0.1) is 4.92 Å². The number of rotatable bonds is 4. The maximum atomic E-state index is 12.8. The molecule has 2 aliphatic rings. The van der Waals surface area contributed by atoms with Gasteiger partial charge in [-0.3, -0.25) is 14.9 Å². The van der Waals surface area contributed by atoms with Crippen LogP contribution < -0.4 is 5.32 Å². The molecule has 1 N–H and O–H groups in total. The van der Waals surface area contributed by atoms with Crippen LogP contribution in [0.15, 0.2) is 29.2 Å². The Kier molecular flexibility index (Phi) is 5.78. The van der Waals surface area contributed by atoms with Crippen LogP contribution in [0.2, 0.25) is 0 Å². The highest BCUT2D eigenvalue weighted by Crippen LogP contribution is 2.27. The Morgan fingerprint density at radius 2 is 1.89 bits per heavy atom. The molecule has 10 heteroatoms. The monoisotopic (exact) mass is 396 g/mol. The van der Waals surface area contributed by atoms with Gasteiger partial charge in [0.15, 0.2) is 4.90 Å². The number of nitrogens with zero attached hydrogens (tertiary/aromatic N) is 3. The quantitative estimate of drug-likeness (QED) is 0.595. The molecule has 0 radical (unpaired) electrons. The van der Waals surface area contributed by atoms with Crippen molar-refractivity contribution in [1.82, 2.24) is 14.5 Å². The highest BCUT2D eigenvalue weighted by Gasteiger charge is 2.36. The molecule has 2 atom stereocenters. The second-order valence-electron chi connectivity index (χ2n) is 7.03. The zero-order chi connectivity index (χ0) is 19.6. The van der Waals surface area contributed by atoms with Gasteiger partial charge in [0.1, 0.15) is 0 Å². The molecule has 1 amide bonds. The van der Waals surface area contributed by atoms with Crippen LogP contribution >= 0.6 is 0 Å². The zero-order valence-corrected chi connectivity index (χ0v) is 16.0. The Morgan fingerprint density at radius 3 is 2.52 bits per heavy atom. The number of sulfonamides is 1. The van der Waals surface area contributed by atoms with Crippen molar-refractivity contribution >= 4 is 21.6 Å². The molecule has 0 aromatic heterocycles. The minimum absolute atomic E-state index is 0.0281. The first kappa shape index (κ1) is 19.7. The van der Waals surface area contributed by atoms with Gasteiger partial charge in [-0.2, -0.15) is 4.31 Å². The second kappa shape index (κ2) is 7.91. The second-order valence-corrected chi connectivity index (χ2v) is 8.94. The fourth-order valence-electron chi connectivity index (χ4n) is 3.73. The molecule has 2 aliphatic heterocycles. The van der Waals surface area contributed by atoms with E-state index in [1.54, 1.807) is 4.90 Å². The minimum Gasteiger partial charge on any atom is -0.340 e. The lowest BCUT2D eigenvalue weighted by Crippen LogP contribution is -2.53. The SMILES string of the molecule is C[C@H]1C[C@@H](C(=O)N2CCN(S(=O)(=O)c3ccccc3[N+](=O)[O-])CC2)CCN1. The summed E-state index contributed by atoms with van der Waals surface area (Å²) >= 11 is 0. The number of amides is 1. The molecule has 0 saturated carbocycles. The number of piperazine rings is 1. The van der Waals surface area contributed by atoms with Gasteiger partial charge in [-0.15, -0.1) is 0 Å². The molecule has 0 spiro atoms. The summed E-state index contributed by atoms with van der Waals surface area (Å²) in [4.78, 5) is 24.6. The summed E-state index contributed by atoms with van der Waals surface area (Å²) in [6.07, 6.45) is 1.57. The summed E-state index contributed by atoms with van der Waals surface area (Å²) in [5.41, 5.74) is -0.431. The van der Waals surface area contributed by atoms with Crippen molar-refractivity contribution in [2.45, 2.75) is 30.7 Å². The van der Waals surface area contributed by atoms with Crippen LogP contribution in [0, 0.1) is 16.0 Å². The van der Waals surface area contributed by atoms with Crippen LogP contribution in [0.1, 0.15) is 19.8 Å². The van der Waals surface area contributed by atoms with Gasteiger partial charge in [0, 0.05) is 44.2 Å². The van der Waals surface area contributed by atoms with E-state index in [0.29, 0.717) is 19.1 Å². The standard InChI is InChI=1S/C17H24N4O5S/c1-13-12-14(6-7-18-13)17(22)19-8-10-20(11-9-19)27(25,26)16-5-3-2-4-15(16)21(23)24/h2-5,13-14,18H,6-12H2,1H3/t13-,14-/m0/s1. The molecule has 2 fully saturated rings. The van der Waals surface area contributed by atoms with Crippen LogP contribution in [0.3, 0.4) is 0 Å². The Balaban J connectivity index is 1.68. The molecule has 9 nitrogen and oxygen atoms in total. The van der Waals surface area contributed by atoms with E-state index in [1.807, 2.05) is 0 Å². The Hall–Kier alpha value is -2.04. The highest BCUT2D eigenvalue weighted by molar-refractivity contribution is 7.89. The average Bonchev–Trinajstić information content (AvgIpc) is 2.67. The third-order valence-electron chi connectivity index (χ3n) is 5.20. The number of nitro groups is 1. The van der Waals surface area contributed by atoms with E-state index < -0.39 is 20.6 Å². The molecule has 148 valence electrons. The van der Waals surface area contributed by atoms with E-state index in [-0.39, 0.29) is 29.8 Å². The zero-order valence-electron chi connectivity index (χ0n) is 15.2. The van der Waals surface area contributed by atoms with E-state index in [9.17, 15) is 23.3 Å². The molecule has 0 aliphatic carbocycles. The Bertz CT molecular complexity index is 820. The van der Waals surface area contributed by atoms with Gasteiger partial charge < -0.3 is 10.2 Å². The lowest BCUT2D eigenvalue weighted by Gasteiger charge is -2.37. The smallest absolute Gasteiger partial charge is 0.289 e.